The number of nitrogens with one attached hydrogen (secondary N) is 3. The van der Waals surface area contributed by atoms with Gasteiger partial charge in [0.15, 0.2) is 0 Å². The van der Waals surface area contributed by atoms with Gasteiger partial charge in [-0.2, -0.15) is 5.10 Å². The smallest absolute Gasteiger partial charge is 0.329 e. The summed E-state index contributed by atoms with van der Waals surface area (Å²) in [6.07, 6.45) is 1.27. The number of hydrazone groups is 1. The Balaban J connectivity index is 1.44. The SMILES string of the molecule is Cc1cccc(NC(=O)c2ccccc2NC(=O)C(=O)NN=Cc2c(O)ccc3ccccc23)c1. The van der Waals surface area contributed by atoms with Crippen LogP contribution in [0, 0.1) is 6.92 Å². The molecule has 0 aliphatic carbocycles. The first-order valence-electron chi connectivity index (χ1n) is 10.7. The van der Waals surface area contributed by atoms with E-state index in [0.29, 0.717) is 11.3 Å². The van der Waals surface area contributed by atoms with Gasteiger partial charge in [-0.3, -0.25) is 14.4 Å². The fourth-order valence-corrected chi connectivity index (χ4v) is 3.52. The van der Waals surface area contributed by atoms with Crippen molar-refractivity contribution in [1.29, 1.82) is 0 Å². The van der Waals surface area contributed by atoms with Gasteiger partial charge < -0.3 is 15.7 Å². The predicted molar refractivity (Wildman–Crippen MR) is 136 cm³/mol. The molecule has 0 aliphatic heterocycles. The lowest BCUT2D eigenvalue weighted by molar-refractivity contribution is -0.136. The molecule has 0 fully saturated rings. The molecule has 0 spiro atoms. The number of fused-ring (bicyclic) bond motifs is 1. The van der Waals surface area contributed by atoms with E-state index < -0.39 is 17.7 Å². The summed E-state index contributed by atoms with van der Waals surface area (Å²) in [5.74, 6) is -2.48. The average molecular weight is 466 g/mol. The molecule has 0 saturated heterocycles. The molecule has 4 rings (SSSR count). The second kappa shape index (κ2) is 10.3. The van der Waals surface area contributed by atoms with E-state index in [9.17, 15) is 19.5 Å². The first-order chi connectivity index (χ1) is 16.9. The first-order valence-corrected chi connectivity index (χ1v) is 10.7. The van der Waals surface area contributed by atoms with Crippen LogP contribution in [0.25, 0.3) is 10.8 Å². The lowest BCUT2D eigenvalue weighted by atomic mass is 10.0. The van der Waals surface area contributed by atoms with Crippen LogP contribution in [0.2, 0.25) is 0 Å². The van der Waals surface area contributed by atoms with E-state index in [1.165, 1.54) is 18.3 Å². The number of anilines is 2. The van der Waals surface area contributed by atoms with E-state index in [-0.39, 0.29) is 17.0 Å². The van der Waals surface area contributed by atoms with Crippen LogP contribution in [0.1, 0.15) is 21.5 Å². The van der Waals surface area contributed by atoms with Crippen LogP contribution >= 0.6 is 0 Å². The quantitative estimate of drug-likeness (QED) is 0.200. The molecule has 35 heavy (non-hydrogen) atoms. The Kier molecular flexibility index (Phi) is 6.83. The van der Waals surface area contributed by atoms with Gasteiger partial charge in [0.25, 0.3) is 5.91 Å². The van der Waals surface area contributed by atoms with Crippen molar-refractivity contribution in [3.8, 4) is 5.75 Å². The normalized spacial score (nSPS) is 10.8. The zero-order valence-electron chi connectivity index (χ0n) is 18.8. The van der Waals surface area contributed by atoms with E-state index in [1.807, 2.05) is 49.4 Å². The lowest BCUT2D eigenvalue weighted by Crippen LogP contribution is -2.33. The van der Waals surface area contributed by atoms with Gasteiger partial charge in [-0.15, -0.1) is 0 Å². The van der Waals surface area contributed by atoms with Crippen LogP contribution in [-0.2, 0) is 9.59 Å². The molecular formula is C27H22N4O4. The van der Waals surface area contributed by atoms with Crippen molar-refractivity contribution in [1.82, 2.24) is 5.43 Å². The number of carbonyl (C=O) groups excluding carboxylic acids is 3. The number of aromatic hydroxyl groups is 1. The van der Waals surface area contributed by atoms with Gasteiger partial charge in [-0.25, -0.2) is 5.43 Å². The number of phenols is 1. The molecule has 0 bridgehead atoms. The fraction of sp³-hybridized carbons (Fsp3) is 0.0370. The molecule has 0 atom stereocenters. The minimum absolute atomic E-state index is 0.0142. The summed E-state index contributed by atoms with van der Waals surface area (Å²) in [6, 6.07) is 24.3. The molecule has 0 unspecified atom stereocenters. The number of phenolic OH excluding ortho intramolecular Hbond substituents is 1. The Morgan fingerprint density at radius 2 is 1.60 bits per heavy atom. The van der Waals surface area contributed by atoms with Crippen molar-refractivity contribution < 1.29 is 19.5 Å². The number of hydrogen-bond donors (Lipinski definition) is 4. The van der Waals surface area contributed by atoms with E-state index in [1.54, 1.807) is 30.3 Å². The molecule has 0 aliphatic rings. The number of hydrogen-bond acceptors (Lipinski definition) is 5. The van der Waals surface area contributed by atoms with Crippen molar-refractivity contribution >= 4 is 46.1 Å². The van der Waals surface area contributed by atoms with Crippen molar-refractivity contribution in [2.75, 3.05) is 10.6 Å². The molecule has 4 aromatic rings. The second-order valence-electron chi connectivity index (χ2n) is 7.74. The van der Waals surface area contributed by atoms with Gasteiger partial charge in [-0.05, 0) is 53.6 Å². The van der Waals surface area contributed by atoms with Crippen LogP contribution in [0.3, 0.4) is 0 Å². The van der Waals surface area contributed by atoms with Crippen molar-refractivity contribution in [3.63, 3.8) is 0 Å². The Bertz CT molecular complexity index is 1460. The third-order valence-electron chi connectivity index (χ3n) is 5.21. The third kappa shape index (κ3) is 5.51. The summed E-state index contributed by atoms with van der Waals surface area (Å²) in [5.41, 5.74) is 4.51. The van der Waals surface area contributed by atoms with Gasteiger partial charge in [0.05, 0.1) is 17.5 Å². The Morgan fingerprint density at radius 1 is 0.829 bits per heavy atom. The maximum atomic E-state index is 12.8. The molecule has 174 valence electrons. The minimum Gasteiger partial charge on any atom is -0.507 e. The summed E-state index contributed by atoms with van der Waals surface area (Å²) >= 11 is 0. The van der Waals surface area contributed by atoms with Crippen LogP contribution in [0.4, 0.5) is 11.4 Å². The highest BCUT2D eigenvalue weighted by atomic mass is 16.3. The number of carbonyl (C=O) groups is 3. The molecule has 4 N–H and O–H groups in total. The summed E-state index contributed by atoms with van der Waals surface area (Å²) in [4.78, 5) is 37.5. The van der Waals surface area contributed by atoms with Crippen LogP contribution < -0.4 is 16.1 Å². The van der Waals surface area contributed by atoms with Crippen LogP contribution in [0.5, 0.6) is 5.75 Å². The Morgan fingerprint density at radius 3 is 2.43 bits per heavy atom. The van der Waals surface area contributed by atoms with Gasteiger partial charge >= 0.3 is 11.8 Å². The number of rotatable bonds is 5. The van der Waals surface area contributed by atoms with E-state index in [0.717, 1.165) is 16.3 Å². The summed E-state index contributed by atoms with van der Waals surface area (Å²) in [6.45, 7) is 1.91. The molecule has 0 saturated carbocycles. The molecule has 8 nitrogen and oxygen atoms in total. The number of para-hydroxylation sites is 1. The van der Waals surface area contributed by atoms with Gasteiger partial charge in [0.2, 0.25) is 0 Å². The zero-order chi connectivity index (χ0) is 24.8. The fourth-order valence-electron chi connectivity index (χ4n) is 3.52. The van der Waals surface area contributed by atoms with E-state index in [2.05, 4.69) is 21.2 Å². The average Bonchev–Trinajstić information content (AvgIpc) is 2.85. The van der Waals surface area contributed by atoms with Gasteiger partial charge in [0.1, 0.15) is 5.75 Å². The van der Waals surface area contributed by atoms with Crippen LogP contribution in [0.15, 0.2) is 90.0 Å². The standard InChI is InChI=1S/C27H22N4O4/c1-17-7-6-9-19(15-17)29-25(33)21-11-4-5-12-23(21)30-26(34)27(35)31-28-16-22-20-10-3-2-8-18(20)13-14-24(22)32/h2-16,32H,1H3,(H,29,33)(H,30,34)(H,31,35). The highest BCUT2D eigenvalue weighted by Gasteiger charge is 2.18. The molecule has 4 aromatic carbocycles. The predicted octanol–water partition coefficient (Wildman–Crippen LogP) is 4.19. The lowest BCUT2D eigenvalue weighted by Gasteiger charge is -2.11. The summed E-state index contributed by atoms with van der Waals surface area (Å²) in [5, 5.41) is 20.8. The van der Waals surface area contributed by atoms with E-state index in [4.69, 9.17) is 0 Å². The van der Waals surface area contributed by atoms with Gasteiger partial charge in [-0.1, -0.05) is 54.6 Å². The summed E-state index contributed by atoms with van der Waals surface area (Å²) in [7, 11) is 0. The van der Waals surface area contributed by atoms with Crippen molar-refractivity contribution in [3.05, 3.63) is 102 Å². The number of nitrogens with zero attached hydrogens (tertiary/aromatic N) is 1. The van der Waals surface area contributed by atoms with Crippen molar-refractivity contribution in [2.45, 2.75) is 6.92 Å². The highest BCUT2D eigenvalue weighted by Crippen LogP contribution is 2.25. The number of amides is 3. The topological polar surface area (TPSA) is 120 Å². The molecule has 0 heterocycles. The number of aryl methyl sites for hydroxylation is 1. The maximum absolute atomic E-state index is 12.8. The molecular weight excluding hydrogens is 444 g/mol. The number of benzene rings is 4. The van der Waals surface area contributed by atoms with E-state index >= 15 is 0 Å². The highest BCUT2D eigenvalue weighted by molar-refractivity contribution is 6.40. The molecule has 0 aromatic heterocycles. The minimum atomic E-state index is -1.03. The van der Waals surface area contributed by atoms with Gasteiger partial charge in [0, 0.05) is 11.3 Å². The molecule has 8 heteroatoms. The first kappa shape index (κ1) is 23.2. The summed E-state index contributed by atoms with van der Waals surface area (Å²) < 4.78 is 0. The Hall–Kier alpha value is -4.98. The molecule has 3 amide bonds. The zero-order valence-corrected chi connectivity index (χ0v) is 18.8. The third-order valence-corrected chi connectivity index (χ3v) is 5.21. The van der Waals surface area contributed by atoms with Crippen LogP contribution in [-0.4, -0.2) is 29.0 Å². The largest absolute Gasteiger partial charge is 0.507 e. The molecule has 0 radical (unpaired) electrons. The maximum Gasteiger partial charge on any atom is 0.329 e. The second-order valence-corrected chi connectivity index (χ2v) is 7.74. The van der Waals surface area contributed by atoms with Crippen molar-refractivity contribution in [2.24, 2.45) is 5.10 Å². The Labute approximate surface area is 201 Å². The monoisotopic (exact) mass is 466 g/mol.